The Balaban J connectivity index is 1.37. The lowest BCUT2D eigenvalue weighted by molar-refractivity contribution is -0.128. The summed E-state index contributed by atoms with van der Waals surface area (Å²) in [4.78, 5) is 15.6. The normalized spacial score (nSPS) is 30.2. The van der Waals surface area contributed by atoms with Crippen molar-refractivity contribution in [2.24, 2.45) is 17.3 Å². The van der Waals surface area contributed by atoms with Gasteiger partial charge in [0.05, 0.1) is 19.3 Å². The van der Waals surface area contributed by atoms with E-state index in [2.05, 4.69) is 24.8 Å². The van der Waals surface area contributed by atoms with Gasteiger partial charge in [0.1, 0.15) is 0 Å². The molecular formula is C20H34N2O3. The fourth-order valence-electron chi connectivity index (χ4n) is 4.77. The predicted octanol–water partition coefficient (Wildman–Crippen LogP) is 1.91. The third kappa shape index (κ3) is 4.26. The van der Waals surface area contributed by atoms with Crippen LogP contribution in [0.3, 0.4) is 0 Å². The van der Waals surface area contributed by atoms with Gasteiger partial charge in [0.2, 0.25) is 5.91 Å². The molecule has 5 heteroatoms. The van der Waals surface area contributed by atoms with E-state index >= 15 is 0 Å². The number of hydrogen-bond donors (Lipinski definition) is 1. The van der Waals surface area contributed by atoms with Gasteiger partial charge in [0.15, 0.2) is 0 Å². The van der Waals surface area contributed by atoms with Gasteiger partial charge in [-0.3, -0.25) is 9.69 Å². The molecule has 1 N–H and O–H groups in total. The standard InChI is InChI=1S/C20H34N2O3/c1-15(23)22-8-4-7-21(9-10-22)12-18(24)14-25-13-16-5-6-17-11-19(16)20(17,2)3/h5,17-19,24H,4,6-14H2,1-3H3. The molecule has 1 saturated carbocycles. The zero-order chi connectivity index (χ0) is 18.0. The van der Waals surface area contributed by atoms with Crippen LogP contribution in [0.1, 0.15) is 40.0 Å². The number of β-amino-alcohol motifs (C(OH)–C–C–N with tert-alkyl or cyclic N) is 1. The van der Waals surface area contributed by atoms with E-state index in [9.17, 15) is 9.90 Å². The molecule has 3 atom stereocenters. The van der Waals surface area contributed by atoms with E-state index in [0.717, 1.165) is 38.5 Å². The van der Waals surface area contributed by atoms with Crippen LogP contribution in [-0.2, 0) is 9.53 Å². The lowest BCUT2D eigenvalue weighted by atomic mass is 9.49. The molecule has 2 bridgehead atoms. The van der Waals surface area contributed by atoms with Crippen LogP contribution < -0.4 is 0 Å². The number of allylic oxidation sites excluding steroid dienone is 1. The number of aliphatic hydroxyl groups excluding tert-OH is 1. The van der Waals surface area contributed by atoms with Crippen LogP contribution in [0.15, 0.2) is 11.6 Å². The molecule has 4 aliphatic rings. The Hall–Kier alpha value is -0.910. The summed E-state index contributed by atoms with van der Waals surface area (Å²) in [6.45, 7) is 11.4. The van der Waals surface area contributed by atoms with Crippen LogP contribution in [0.5, 0.6) is 0 Å². The van der Waals surface area contributed by atoms with Gasteiger partial charge < -0.3 is 14.7 Å². The van der Waals surface area contributed by atoms with Crippen molar-refractivity contribution in [1.82, 2.24) is 9.80 Å². The molecule has 4 rings (SSSR count). The summed E-state index contributed by atoms with van der Waals surface area (Å²) in [7, 11) is 0. The maximum absolute atomic E-state index is 11.5. The van der Waals surface area contributed by atoms with E-state index in [-0.39, 0.29) is 5.91 Å². The summed E-state index contributed by atoms with van der Waals surface area (Å²) in [5.41, 5.74) is 1.87. The van der Waals surface area contributed by atoms with E-state index in [0.29, 0.717) is 31.1 Å². The van der Waals surface area contributed by atoms with E-state index in [1.165, 1.54) is 18.4 Å². The fraction of sp³-hybridized carbons (Fsp3) is 0.850. The van der Waals surface area contributed by atoms with Crippen molar-refractivity contribution in [3.63, 3.8) is 0 Å². The Morgan fingerprint density at radius 1 is 1.36 bits per heavy atom. The summed E-state index contributed by atoms with van der Waals surface area (Å²) in [5, 5.41) is 10.3. The maximum Gasteiger partial charge on any atom is 0.219 e. The number of rotatable bonds is 6. The first-order chi connectivity index (χ1) is 11.9. The number of carbonyl (C=O) groups excluding carboxylic acids is 1. The third-order valence-corrected chi connectivity index (χ3v) is 6.66. The molecular weight excluding hydrogens is 316 g/mol. The fourth-order valence-corrected chi connectivity index (χ4v) is 4.77. The predicted molar refractivity (Wildman–Crippen MR) is 98.2 cm³/mol. The Bertz CT molecular complexity index is 517. The van der Waals surface area contributed by atoms with Crippen LogP contribution in [0, 0.1) is 17.3 Å². The smallest absolute Gasteiger partial charge is 0.219 e. The molecule has 1 aliphatic heterocycles. The average Bonchev–Trinajstić information content (AvgIpc) is 2.80. The number of aliphatic hydroxyl groups is 1. The molecule has 0 radical (unpaired) electrons. The molecule has 1 heterocycles. The first-order valence-corrected chi connectivity index (χ1v) is 9.80. The first-order valence-electron chi connectivity index (χ1n) is 9.80. The van der Waals surface area contributed by atoms with Crippen LogP contribution in [0.4, 0.5) is 0 Å². The number of hydrogen-bond acceptors (Lipinski definition) is 4. The van der Waals surface area contributed by atoms with Gasteiger partial charge in [-0.1, -0.05) is 19.9 Å². The minimum absolute atomic E-state index is 0.146. The van der Waals surface area contributed by atoms with E-state index in [1.807, 2.05) is 4.90 Å². The van der Waals surface area contributed by atoms with Crippen molar-refractivity contribution in [3.8, 4) is 0 Å². The second-order valence-electron chi connectivity index (χ2n) is 8.65. The van der Waals surface area contributed by atoms with Gasteiger partial charge in [-0.05, 0) is 48.6 Å². The minimum atomic E-state index is -0.463. The molecule has 0 aromatic heterocycles. The molecule has 142 valence electrons. The van der Waals surface area contributed by atoms with Crippen molar-refractivity contribution < 1.29 is 14.6 Å². The van der Waals surface area contributed by atoms with Crippen molar-refractivity contribution in [3.05, 3.63) is 11.6 Å². The quantitative estimate of drug-likeness (QED) is 0.744. The second kappa shape index (κ2) is 7.77. The SMILES string of the molecule is CC(=O)N1CCCN(CC(O)COCC2=CCC3CC2C3(C)C)CC1. The number of ether oxygens (including phenoxy) is 1. The summed E-state index contributed by atoms with van der Waals surface area (Å²) >= 11 is 0. The molecule has 0 spiro atoms. The monoisotopic (exact) mass is 350 g/mol. The Morgan fingerprint density at radius 2 is 2.16 bits per heavy atom. The van der Waals surface area contributed by atoms with Gasteiger partial charge in [0, 0.05) is 33.1 Å². The number of amides is 1. The molecule has 0 aromatic rings. The second-order valence-corrected chi connectivity index (χ2v) is 8.65. The van der Waals surface area contributed by atoms with E-state index < -0.39 is 6.10 Å². The highest BCUT2D eigenvalue weighted by molar-refractivity contribution is 5.73. The minimum Gasteiger partial charge on any atom is -0.389 e. The topological polar surface area (TPSA) is 53.0 Å². The molecule has 1 amide bonds. The Morgan fingerprint density at radius 3 is 2.84 bits per heavy atom. The van der Waals surface area contributed by atoms with Crippen molar-refractivity contribution in [2.45, 2.75) is 46.1 Å². The van der Waals surface area contributed by atoms with Gasteiger partial charge >= 0.3 is 0 Å². The molecule has 2 fully saturated rings. The lowest BCUT2D eigenvalue weighted by Crippen LogP contribution is -2.48. The average molecular weight is 351 g/mol. The number of carbonyl (C=O) groups is 1. The molecule has 1 saturated heterocycles. The van der Waals surface area contributed by atoms with Crippen LogP contribution >= 0.6 is 0 Å². The summed E-state index contributed by atoms with van der Waals surface area (Å²) in [6.07, 6.45) is 5.37. The van der Waals surface area contributed by atoms with Crippen molar-refractivity contribution in [1.29, 1.82) is 0 Å². The number of nitrogens with zero attached hydrogens (tertiary/aromatic N) is 2. The maximum atomic E-state index is 11.5. The van der Waals surface area contributed by atoms with Gasteiger partial charge in [-0.2, -0.15) is 0 Å². The molecule has 3 unspecified atom stereocenters. The molecule has 3 aliphatic carbocycles. The van der Waals surface area contributed by atoms with Gasteiger partial charge in [-0.25, -0.2) is 0 Å². The van der Waals surface area contributed by atoms with Crippen molar-refractivity contribution in [2.75, 3.05) is 45.9 Å². The first kappa shape index (κ1) is 18.9. The van der Waals surface area contributed by atoms with Crippen LogP contribution in [0.25, 0.3) is 0 Å². The molecule has 25 heavy (non-hydrogen) atoms. The highest BCUT2D eigenvalue weighted by atomic mass is 16.5. The number of fused-ring (bicyclic) bond motifs is 1. The molecule has 5 nitrogen and oxygen atoms in total. The third-order valence-electron chi connectivity index (χ3n) is 6.66. The van der Waals surface area contributed by atoms with Gasteiger partial charge in [0.25, 0.3) is 0 Å². The zero-order valence-electron chi connectivity index (χ0n) is 16.0. The Labute approximate surface area is 152 Å². The van der Waals surface area contributed by atoms with Gasteiger partial charge in [-0.15, -0.1) is 0 Å². The van der Waals surface area contributed by atoms with E-state index in [4.69, 9.17) is 4.74 Å². The highest BCUT2D eigenvalue weighted by Crippen LogP contribution is 2.59. The largest absolute Gasteiger partial charge is 0.389 e. The lowest BCUT2D eigenvalue weighted by Gasteiger charge is -2.56. The van der Waals surface area contributed by atoms with E-state index in [1.54, 1.807) is 6.92 Å². The van der Waals surface area contributed by atoms with Crippen molar-refractivity contribution >= 4 is 5.91 Å². The summed E-state index contributed by atoms with van der Waals surface area (Å²) in [6, 6.07) is 0. The van der Waals surface area contributed by atoms with Crippen LogP contribution in [-0.4, -0.2) is 72.9 Å². The van der Waals surface area contributed by atoms with Crippen LogP contribution in [0.2, 0.25) is 0 Å². The summed E-state index contributed by atoms with van der Waals surface area (Å²) in [5.74, 6) is 1.67. The Kier molecular flexibility index (Phi) is 5.86. The highest BCUT2D eigenvalue weighted by Gasteiger charge is 2.50. The summed E-state index contributed by atoms with van der Waals surface area (Å²) < 4.78 is 5.85. The zero-order valence-corrected chi connectivity index (χ0v) is 16.0. The molecule has 0 aromatic carbocycles.